The van der Waals surface area contributed by atoms with Gasteiger partial charge in [0, 0.05) is 36.9 Å². The third kappa shape index (κ3) is 5.18. The van der Waals surface area contributed by atoms with Crippen molar-refractivity contribution in [2.24, 2.45) is 0 Å². The van der Waals surface area contributed by atoms with Crippen LogP contribution < -0.4 is 0 Å². The predicted molar refractivity (Wildman–Crippen MR) is 217 cm³/mol. The standard InChI is InChI=1S/C48H30N2S/c1-3-12-31(13-4-1)37-17-9-20-40-39(37)19-11-21-41(40)45-30-44(49-48(50-45)32-14-5-2-6-15-32)36-27-25-33-28-35(26-24-34(33)29-36)38-18-10-22-43-42-16-7-8-23-46(42)51-47(38)43/h1-30H. The van der Waals surface area contributed by atoms with Gasteiger partial charge in [0.1, 0.15) is 0 Å². The average molecular weight is 667 g/mol. The van der Waals surface area contributed by atoms with Gasteiger partial charge in [-0.1, -0.05) is 158 Å². The highest BCUT2D eigenvalue weighted by molar-refractivity contribution is 7.26. The summed E-state index contributed by atoms with van der Waals surface area (Å²) in [7, 11) is 0. The SMILES string of the molecule is c1ccc(-c2nc(-c3ccc4cc(-c5cccc6c5sc5ccccc56)ccc4c3)cc(-c3cccc4c(-c5ccccc5)cccc34)n2)cc1. The van der Waals surface area contributed by atoms with Crippen LogP contribution in [0.1, 0.15) is 0 Å². The molecule has 238 valence electrons. The molecule has 0 aliphatic rings. The van der Waals surface area contributed by atoms with E-state index in [9.17, 15) is 0 Å². The van der Waals surface area contributed by atoms with E-state index in [1.165, 1.54) is 64.0 Å². The molecule has 0 saturated carbocycles. The molecule has 0 N–H and O–H groups in total. The van der Waals surface area contributed by atoms with Crippen LogP contribution in [0.5, 0.6) is 0 Å². The number of aromatic nitrogens is 2. The summed E-state index contributed by atoms with van der Waals surface area (Å²) in [5.41, 5.74) is 9.87. The second-order valence-electron chi connectivity index (χ2n) is 13.0. The Labute approximate surface area is 300 Å². The van der Waals surface area contributed by atoms with Gasteiger partial charge in [-0.25, -0.2) is 9.97 Å². The fraction of sp³-hybridized carbons (Fsp3) is 0. The predicted octanol–water partition coefficient (Wildman–Crippen LogP) is 13.5. The third-order valence-corrected chi connectivity index (χ3v) is 11.1. The van der Waals surface area contributed by atoms with E-state index in [2.05, 4.69) is 164 Å². The Balaban J connectivity index is 1.10. The van der Waals surface area contributed by atoms with Crippen LogP contribution in [0.25, 0.3) is 97.9 Å². The topological polar surface area (TPSA) is 25.8 Å². The van der Waals surface area contributed by atoms with E-state index in [0.717, 1.165) is 28.1 Å². The molecule has 0 bridgehead atoms. The van der Waals surface area contributed by atoms with Crippen molar-refractivity contribution in [1.29, 1.82) is 0 Å². The van der Waals surface area contributed by atoms with Gasteiger partial charge in [-0.05, 0) is 68.1 Å². The Morgan fingerprint density at radius 3 is 1.69 bits per heavy atom. The van der Waals surface area contributed by atoms with Gasteiger partial charge in [-0.3, -0.25) is 0 Å². The molecular formula is C48H30N2S. The maximum Gasteiger partial charge on any atom is 0.160 e. The zero-order valence-corrected chi connectivity index (χ0v) is 28.4. The van der Waals surface area contributed by atoms with Crippen LogP contribution in [-0.2, 0) is 0 Å². The van der Waals surface area contributed by atoms with Gasteiger partial charge in [-0.15, -0.1) is 11.3 Å². The van der Waals surface area contributed by atoms with Gasteiger partial charge in [0.05, 0.1) is 11.4 Å². The minimum atomic E-state index is 0.714. The van der Waals surface area contributed by atoms with E-state index >= 15 is 0 Å². The van der Waals surface area contributed by atoms with E-state index in [1.54, 1.807) is 0 Å². The molecule has 0 unspecified atom stereocenters. The highest BCUT2D eigenvalue weighted by Gasteiger charge is 2.15. The summed E-state index contributed by atoms with van der Waals surface area (Å²) in [6.07, 6.45) is 0. The van der Waals surface area contributed by atoms with E-state index in [4.69, 9.17) is 9.97 Å². The van der Waals surface area contributed by atoms with Crippen LogP contribution in [0.4, 0.5) is 0 Å². The maximum absolute atomic E-state index is 5.19. The number of thiophene rings is 1. The summed E-state index contributed by atoms with van der Waals surface area (Å²) >= 11 is 1.87. The summed E-state index contributed by atoms with van der Waals surface area (Å²) in [6.45, 7) is 0. The zero-order chi connectivity index (χ0) is 33.7. The summed E-state index contributed by atoms with van der Waals surface area (Å²) < 4.78 is 2.66. The van der Waals surface area contributed by atoms with Crippen molar-refractivity contribution in [2.75, 3.05) is 0 Å². The first-order valence-corrected chi connectivity index (χ1v) is 18.1. The van der Waals surface area contributed by atoms with Crippen molar-refractivity contribution in [2.45, 2.75) is 0 Å². The number of fused-ring (bicyclic) bond motifs is 5. The first-order chi connectivity index (χ1) is 25.3. The molecule has 0 saturated heterocycles. The highest BCUT2D eigenvalue weighted by Crippen LogP contribution is 2.41. The Kier molecular flexibility index (Phi) is 7.04. The number of benzene rings is 8. The Morgan fingerprint density at radius 1 is 0.333 bits per heavy atom. The van der Waals surface area contributed by atoms with Crippen molar-refractivity contribution >= 4 is 53.1 Å². The average Bonchev–Trinajstić information content (AvgIpc) is 3.59. The lowest BCUT2D eigenvalue weighted by Crippen LogP contribution is -1.96. The number of nitrogens with zero attached hydrogens (tertiary/aromatic N) is 2. The molecule has 2 heterocycles. The minimum absolute atomic E-state index is 0.714. The van der Waals surface area contributed by atoms with Crippen LogP contribution in [0.15, 0.2) is 182 Å². The molecule has 0 atom stereocenters. The van der Waals surface area contributed by atoms with Crippen molar-refractivity contribution in [1.82, 2.24) is 9.97 Å². The van der Waals surface area contributed by atoms with E-state index in [1.807, 2.05) is 29.5 Å². The molecule has 2 aromatic heterocycles. The molecule has 2 nitrogen and oxygen atoms in total. The molecule has 0 radical (unpaired) electrons. The number of hydrogen-bond acceptors (Lipinski definition) is 3. The summed E-state index contributed by atoms with van der Waals surface area (Å²) in [6, 6.07) is 65.0. The van der Waals surface area contributed by atoms with Crippen LogP contribution in [0.2, 0.25) is 0 Å². The second kappa shape index (κ2) is 12.2. The second-order valence-corrected chi connectivity index (χ2v) is 14.0. The van der Waals surface area contributed by atoms with Crippen LogP contribution in [-0.4, -0.2) is 9.97 Å². The minimum Gasteiger partial charge on any atom is -0.228 e. The van der Waals surface area contributed by atoms with E-state index in [-0.39, 0.29) is 0 Å². The third-order valence-electron chi connectivity index (χ3n) is 9.89. The first-order valence-electron chi connectivity index (χ1n) is 17.2. The summed E-state index contributed by atoms with van der Waals surface area (Å²) in [4.78, 5) is 10.4. The zero-order valence-electron chi connectivity index (χ0n) is 27.6. The summed E-state index contributed by atoms with van der Waals surface area (Å²) in [5.74, 6) is 0.714. The Hall–Kier alpha value is -6.42. The Morgan fingerprint density at radius 2 is 0.902 bits per heavy atom. The normalized spacial score (nSPS) is 11.5. The van der Waals surface area contributed by atoms with Gasteiger partial charge >= 0.3 is 0 Å². The van der Waals surface area contributed by atoms with Crippen LogP contribution in [0.3, 0.4) is 0 Å². The molecule has 51 heavy (non-hydrogen) atoms. The Bertz CT molecular complexity index is 2910. The summed E-state index contributed by atoms with van der Waals surface area (Å²) in [5, 5.41) is 7.40. The molecule has 10 rings (SSSR count). The smallest absolute Gasteiger partial charge is 0.160 e. The lowest BCUT2D eigenvalue weighted by molar-refractivity contribution is 1.19. The van der Waals surface area contributed by atoms with Gasteiger partial charge in [-0.2, -0.15) is 0 Å². The molecule has 8 aromatic carbocycles. The molecular weight excluding hydrogens is 637 g/mol. The molecule has 0 spiro atoms. The molecule has 3 heteroatoms. The first kappa shape index (κ1) is 29.5. The molecule has 0 aliphatic heterocycles. The van der Waals surface area contributed by atoms with Crippen molar-refractivity contribution < 1.29 is 0 Å². The fourth-order valence-electron chi connectivity index (χ4n) is 7.40. The van der Waals surface area contributed by atoms with Gasteiger partial charge in [0.25, 0.3) is 0 Å². The molecule has 0 fully saturated rings. The van der Waals surface area contributed by atoms with Crippen molar-refractivity contribution in [3.63, 3.8) is 0 Å². The molecule has 0 aliphatic carbocycles. The number of hydrogen-bond donors (Lipinski definition) is 0. The molecule has 10 aromatic rings. The van der Waals surface area contributed by atoms with Crippen LogP contribution >= 0.6 is 11.3 Å². The van der Waals surface area contributed by atoms with E-state index in [0.29, 0.717) is 5.82 Å². The number of rotatable bonds is 5. The lowest BCUT2D eigenvalue weighted by Gasteiger charge is -2.13. The molecule has 0 amide bonds. The van der Waals surface area contributed by atoms with E-state index < -0.39 is 0 Å². The monoisotopic (exact) mass is 666 g/mol. The van der Waals surface area contributed by atoms with Gasteiger partial charge < -0.3 is 0 Å². The highest BCUT2D eigenvalue weighted by atomic mass is 32.1. The fourth-order valence-corrected chi connectivity index (χ4v) is 8.64. The largest absolute Gasteiger partial charge is 0.228 e. The van der Waals surface area contributed by atoms with Crippen molar-refractivity contribution in [3.8, 4) is 56.2 Å². The van der Waals surface area contributed by atoms with Crippen LogP contribution in [0, 0.1) is 0 Å². The quantitative estimate of drug-likeness (QED) is 0.183. The van der Waals surface area contributed by atoms with Crippen molar-refractivity contribution in [3.05, 3.63) is 182 Å². The maximum atomic E-state index is 5.19. The lowest BCUT2D eigenvalue weighted by atomic mass is 9.94. The van der Waals surface area contributed by atoms with Gasteiger partial charge in [0.2, 0.25) is 0 Å². The van der Waals surface area contributed by atoms with Gasteiger partial charge in [0.15, 0.2) is 5.82 Å².